The molecule has 0 aliphatic carbocycles. The fourth-order valence-electron chi connectivity index (χ4n) is 5.05. The Kier molecular flexibility index (Phi) is 7.76. The van der Waals surface area contributed by atoms with E-state index in [1.165, 1.54) is 11.1 Å². The summed E-state index contributed by atoms with van der Waals surface area (Å²) >= 11 is 6.42. The predicted octanol–water partition coefficient (Wildman–Crippen LogP) is 4.15. The number of aromatic nitrogens is 6. The number of hydrogen-bond donors (Lipinski definition) is 1. The first-order valence-electron chi connectivity index (χ1n) is 13.3. The van der Waals surface area contributed by atoms with Gasteiger partial charge < -0.3 is 19.5 Å². The molecule has 11 nitrogen and oxygen atoms in total. The zero-order chi connectivity index (χ0) is 27.5. The number of nitrogens with zero attached hydrogens (tertiary/aromatic N) is 7. The van der Waals surface area contributed by atoms with Crippen molar-refractivity contribution in [2.75, 3.05) is 32.2 Å². The predicted molar refractivity (Wildman–Crippen MR) is 150 cm³/mol. The third-order valence-corrected chi connectivity index (χ3v) is 7.56. The minimum absolute atomic E-state index is 0.191. The molecule has 208 valence electrons. The lowest BCUT2D eigenvalue weighted by molar-refractivity contribution is -0.0674. The van der Waals surface area contributed by atoms with Gasteiger partial charge in [-0.25, -0.2) is 14.6 Å². The van der Waals surface area contributed by atoms with E-state index in [4.69, 9.17) is 25.8 Å². The number of benzene rings is 2. The Morgan fingerprint density at radius 3 is 2.67 bits per heavy atom. The van der Waals surface area contributed by atoms with Crippen LogP contribution in [0.3, 0.4) is 0 Å². The van der Waals surface area contributed by atoms with E-state index in [1.807, 2.05) is 25.1 Å². The molecule has 2 aromatic carbocycles. The number of halogens is 1. The van der Waals surface area contributed by atoms with E-state index in [0.29, 0.717) is 29.3 Å². The molecular weight excluding hydrogens is 532 g/mol. The van der Waals surface area contributed by atoms with Crippen LogP contribution in [0.2, 0.25) is 5.02 Å². The fraction of sp³-hybridized carbons (Fsp3) is 0.393. The van der Waals surface area contributed by atoms with Crippen LogP contribution in [0.1, 0.15) is 24.5 Å². The lowest BCUT2D eigenvalue weighted by atomic mass is 10.0. The second-order valence-electron chi connectivity index (χ2n) is 10.1. The maximum atomic E-state index is 6.42. The van der Waals surface area contributed by atoms with Gasteiger partial charge in [0.15, 0.2) is 0 Å². The highest BCUT2D eigenvalue weighted by molar-refractivity contribution is 6.32. The summed E-state index contributed by atoms with van der Waals surface area (Å²) in [6.07, 6.45) is 7.07. The number of fused-ring (bicyclic) bond motifs is 1. The van der Waals surface area contributed by atoms with Crippen LogP contribution >= 0.6 is 11.6 Å². The molecule has 4 heterocycles. The van der Waals surface area contributed by atoms with Crippen LogP contribution in [0.5, 0.6) is 11.5 Å². The molecule has 12 heteroatoms. The number of rotatable bonds is 9. The van der Waals surface area contributed by atoms with Crippen LogP contribution in [0.25, 0.3) is 11.1 Å². The Hall–Kier alpha value is -3.80. The molecule has 2 aliphatic heterocycles. The molecule has 1 atom stereocenters. The number of tetrazole rings is 1. The van der Waals surface area contributed by atoms with Gasteiger partial charge in [-0.2, -0.15) is 0 Å². The highest BCUT2D eigenvalue weighted by atomic mass is 35.5. The Morgan fingerprint density at radius 2 is 1.95 bits per heavy atom. The summed E-state index contributed by atoms with van der Waals surface area (Å²) < 4.78 is 18.8. The van der Waals surface area contributed by atoms with Gasteiger partial charge in [0.25, 0.3) is 0 Å². The van der Waals surface area contributed by atoms with E-state index < -0.39 is 0 Å². The molecule has 40 heavy (non-hydrogen) atoms. The SMILES string of the molecule is COc1cc2c(cc1Nc1ncc(-c3ccc(Cl)c(O[C@@H](C)Cn4cnnn4)c3)cn1)CN(C1COC1)CCC2. The highest BCUT2D eigenvalue weighted by Gasteiger charge is 2.28. The van der Waals surface area contributed by atoms with Gasteiger partial charge in [-0.3, -0.25) is 4.90 Å². The summed E-state index contributed by atoms with van der Waals surface area (Å²) in [6.45, 7) is 6.04. The molecule has 0 unspecified atom stereocenters. The molecule has 0 amide bonds. The number of ether oxygens (including phenoxy) is 3. The number of nitrogens with one attached hydrogen (secondary N) is 1. The molecule has 1 fully saturated rings. The number of aryl methyl sites for hydroxylation is 1. The van der Waals surface area contributed by atoms with Gasteiger partial charge in [0.05, 0.1) is 43.6 Å². The molecule has 1 saturated heterocycles. The summed E-state index contributed by atoms with van der Waals surface area (Å²) in [5.41, 5.74) is 5.21. The average molecular weight is 563 g/mol. The number of hydrogen-bond acceptors (Lipinski definition) is 10. The van der Waals surface area contributed by atoms with Gasteiger partial charge in [-0.05, 0) is 77.7 Å². The molecule has 2 aromatic heterocycles. The Morgan fingerprint density at radius 1 is 1.10 bits per heavy atom. The first-order chi connectivity index (χ1) is 19.6. The summed E-state index contributed by atoms with van der Waals surface area (Å²) in [4.78, 5) is 11.7. The summed E-state index contributed by atoms with van der Waals surface area (Å²) in [6, 6.07) is 10.4. The molecule has 0 saturated carbocycles. The van der Waals surface area contributed by atoms with Crippen molar-refractivity contribution >= 4 is 23.2 Å². The monoisotopic (exact) mass is 562 g/mol. The van der Waals surface area contributed by atoms with Gasteiger partial charge in [-0.15, -0.1) is 5.10 Å². The third-order valence-electron chi connectivity index (χ3n) is 7.25. The Bertz CT molecular complexity index is 1450. The molecule has 1 N–H and O–H groups in total. The highest BCUT2D eigenvalue weighted by Crippen LogP contribution is 2.35. The average Bonchev–Trinajstić information content (AvgIpc) is 3.35. The fourth-order valence-corrected chi connectivity index (χ4v) is 5.21. The van der Waals surface area contributed by atoms with Crippen molar-refractivity contribution in [1.29, 1.82) is 0 Å². The van der Waals surface area contributed by atoms with Crippen LogP contribution < -0.4 is 14.8 Å². The van der Waals surface area contributed by atoms with Crippen LogP contribution in [-0.2, 0) is 24.2 Å². The normalized spacial score (nSPS) is 16.5. The van der Waals surface area contributed by atoms with E-state index in [1.54, 1.807) is 30.5 Å². The second-order valence-corrected chi connectivity index (χ2v) is 10.5. The van der Waals surface area contributed by atoms with Gasteiger partial charge in [0.2, 0.25) is 5.95 Å². The molecule has 4 aromatic rings. The van der Waals surface area contributed by atoms with Crippen molar-refractivity contribution in [2.45, 2.75) is 45.0 Å². The van der Waals surface area contributed by atoms with Crippen molar-refractivity contribution < 1.29 is 14.2 Å². The molecule has 0 spiro atoms. The third kappa shape index (κ3) is 5.86. The summed E-state index contributed by atoms with van der Waals surface area (Å²) in [7, 11) is 1.69. The number of methoxy groups -OCH3 is 1. The van der Waals surface area contributed by atoms with E-state index >= 15 is 0 Å². The van der Waals surface area contributed by atoms with Crippen LogP contribution in [0.15, 0.2) is 49.1 Å². The van der Waals surface area contributed by atoms with Gasteiger partial charge >= 0.3 is 0 Å². The number of anilines is 2. The van der Waals surface area contributed by atoms with Crippen LogP contribution in [-0.4, -0.2) is 74.1 Å². The van der Waals surface area contributed by atoms with Crippen LogP contribution in [0.4, 0.5) is 11.6 Å². The second kappa shape index (κ2) is 11.7. The largest absolute Gasteiger partial charge is 0.495 e. The Labute approximate surface area is 237 Å². The Balaban J connectivity index is 1.17. The van der Waals surface area contributed by atoms with Crippen molar-refractivity contribution in [3.05, 3.63) is 65.2 Å². The molecule has 0 radical (unpaired) electrons. The van der Waals surface area contributed by atoms with Gasteiger partial charge in [0, 0.05) is 24.5 Å². The smallest absolute Gasteiger partial charge is 0.227 e. The standard InChI is InChI=1S/C28H31ClN8O3/c1-18(13-37-17-32-34-35-37)40-26-9-20(5-6-24(26)29)22-11-30-28(31-12-22)33-25-8-21-14-36(23-15-39-16-23)7-3-4-19(21)10-27(25)38-2/h5-6,8-12,17-18,23H,3-4,7,13-16H2,1-2H3,(H,30,31,33)/t18-/m0/s1. The minimum Gasteiger partial charge on any atom is -0.495 e. The zero-order valence-electron chi connectivity index (χ0n) is 22.5. The minimum atomic E-state index is -0.191. The lowest BCUT2D eigenvalue weighted by Gasteiger charge is -2.36. The maximum absolute atomic E-state index is 6.42. The lowest BCUT2D eigenvalue weighted by Crippen LogP contribution is -2.48. The summed E-state index contributed by atoms with van der Waals surface area (Å²) in [5.74, 6) is 1.83. The van der Waals surface area contributed by atoms with Crippen molar-refractivity contribution in [2.24, 2.45) is 0 Å². The zero-order valence-corrected chi connectivity index (χ0v) is 23.2. The summed E-state index contributed by atoms with van der Waals surface area (Å²) in [5, 5.41) is 15.1. The molecular formula is C28H31ClN8O3. The molecule has 0 bridgehead atoms. The first-order valence-corrected chi connectivity index (χ1v) is 13.7. The van der Waals surface area contributed by atoms with Gasteiger partial charge in [-0.1, -0.05) is 17.7 Å². The van der Waals surface area contributed by atoms with Crippen molar-refractivity contribution in [3.8, 4) is 22.6 Å². The van der Waals surface area contributed by atoms with Crippen molar-refractivity contribution in [1.82, 2.24) is 35.1 Å². The van der Waals surface area contributed by atoms with Gasteiger partial charge in [0.1, 0.15) is 23.9 Å². The molecule has 6 rings (SSSR count). The topological polar surface area (TPSA) is 112 Å². The van der Waals surface area contributed by atoms with Crippen LogP contribution in [0, 0.1) is 0 Å². The van der Waals surface area contributed by atoms with E-state index in [9.17, 15) is 0 Å². The first kappa shape index (κ1) is 26.4. The van der Waals surface area contributed by atoms with E-state index in [0.717, 1.165) is 61.7 Å². The van der Waals surface area contributed by atoms with Crippen molar-refractivity contribution in [3.63, 3.8) is 0 Å². The van der Waals surface area contributed by atoms with E-state index in [-0.39, 0.29) is 6.10 Å². The van der Waals surface area contributed by atoms with E-state index in [2.05, 4.69) is 47.8 Å². The quantitative estimate of drug-likeness (QED) is 0.319. The maximum Gasteiger partial charge on any atom is 0.227 e. The molecule has 2 aliphatic rings.